The van der Waals surface area contributed by atoms with Gasteiger partial charge in [0, 0.05) is 44.2 Å². The van der Waals surface area contributed by atoms with E-state index in [-0.39, 0.29) is 5.92 Å². The Morgan fingerprint density at radius 3 is 2.48 bits per heavy atom. The van der Waals surface area contributed by atoms with Crippen molar-refractivity contribution < 1.29 is 4.79 Å². The zero-order valence-corrected chi connectivity index (χ0v) is 17.3. The Labute approximate surface area is 173 Å². The van der Waals surface area contributed by atoms with Gasteiger partial charge in [0.2, 0.25) is 5.91 Å². The summed E-state index contributed by atoms with van der Waals surface area (Å²) in [7, 11) is 0. The van der Waals surface area contributed by atoms with Crippen molar-refractivity contribution >= 4 is 22.6 Å². The summed E-state index contributed by atoms with van der Waals surface area (Å²) in [6.45, 7) is 6.18. The minimum absolute atomic E-state index is 0.224. The number of hydrogen-bond acceptors (Lipinski definition) is 4. The van der Waals surface area contributed by atoms with Crippen molar-refractivity contribution in [1.29, 1.82) is 0 Å². The highest BCUT2D eigenvalue weighted by molar-refractivity contribution is 5.80. The number of para-hydroxylation sites is 1. The molecular formula is C24H32N4O. The highest BCUT2D eigenvalue weighted by Gasteiger charge is 2.34. The van der Waals surface area contributed by atoms with Crippen molar-refractivity contribution in [3.8, 4) is 0 Å². The van der Waals surface area contributed by atoms with Crippen LogP contribution < -0.4 is 4.90 Å². The van der Waals surface area contributed by atoms with Gasteiger partial charge in [-0.25, -0.2) is 4.98 Å². The summed E-state index contributed by atoms with van der Waals surface area (Å²) in [6, 6.07) is 13.3. The van der Waals surface area contributed by atoms with Crippen LogP contribution in [-0.2, 0) is 4.79 Å². The number of amides is 1. The Balaban J connectivity index is 1.19. The third kappa shape index (κ3) is 3.97. The zero-order chi connectivity index (χ0) is 19.6. The molecule has 1 amide bonds. The molecular weight excluding hydrogens is 360 g/mol. The molecule has 0 unspecified atom stereocenters. The molecule has 1 aromatic carbocycles. The average Bonchev–Trinajstić information content (AvgIpc) is 3.33. The van der Waals surface area contributed by atoms with Crippen molar-refractivity contribution in [2.45, 2.75) is 44.6 Å². The molecule has 5 nitrogen and oxygen atoms in total. The fourth-order valence-electron chi connectivity index (χ4n) is 5.43. The first-order valence-corrected chi connectivity index (χ1v) is 11.4. The van der Waals surface area contributed by atoms with Gasteiger partial charge in [0.1, 0.15) is 5.82 Å². The van der Waals surface area contributed by atoms with Crippen LogP contribution in [0, 0.1) is 5.92 Å². The number of nitrogens with zero attached hydrogens (tertiary/aromatic N) is 4. The van der Waals surface area contributed by atoms with E-state index in [1.54, 1.807) is 0 Å². The summed E-state index contributed by atoms with van der Waals surface area (Å²) in [5, 5.41) is 1.20. The van der Waals surface area contributed by atoms with Gasteiger partial charge in [-0.1, -0.05) is 18.2 Å². The predicted molar refractivity (Wildman–Crippen MR) is 117 cm³/mol. The first kappa shape index (κ1) is 18.9. The third-order valence-electron chi connectivity index (χ3n) is 7.11. The molecule has 0 saturated carbocycles. The van der Waals surface area contributed by atoms with E-state index in [0.29, 0.717) is 11.9 Å². The van der Waals surface area contributed by atoms with Crippen LogP contribution in [0.3, 0.4) is 0 Å². The molecule has 2 aromatic rings. The molecule has 0 radical (unpaired) electrons. The first-order valence-electron chi connectivity index (χ1n) is 11.4. The van der Waals surface area contributed by atoms with E-state index in [1.807, 2.05) is 0 Å². The Morgan fingerprint density at radius 1 is 0.862 bits per heavy atom. The van der Waals surface area contributed by atoms with E-state index >= 15 is 0 Å². The average molecular weight is 393 g/mol. The lowest BCUT2D eigenvalue weighted by Crippen LogP contribution is -2.51. The van der Waals surface area contributed by atoms with Crippen molar-refractivity contribution in [3.63, 3.8) is 0 Å². The fourth-order valence-corrected chi connectivity index (χ4v) is 5.43. The lowest BCUT2D eigenvalue weighted by atomic mass is 9.93. The molecule has 1 atom stereocenters. The van der Waals surface area contributed by atoms with Gasteiger partial charge in [-0.05, 0) is 63.3 Å². The molecule has 3 aliphatic rings. The topological polar surface area (TPSA) is 39.7 Å². The van der Waals surface area contributed by atoms with E-state index in [9.17, 15) is 4.79 Å². The van der Waals surface area contributed by atoms with Crippen LogP contribution in [0.25, 0.3) is 10.9 Å². The maximum atomic E-state index is 12.9. The summed E-state index contributed by atoms with van der Waals surface area (Å²) in [5.74, 6) is 1.75. The van der Waals surface area contributed by atoms with Crippen molar-refractivity contribution in [3.05, 3.63) is 36.4 Å². The summed E-state index contributed by atoms with van der Waals surface area (Å²) in [4.78, 5) is 24.9. The summed E-state index contributed by atoms with van der Waals surface area (Å²) >= 11 is 0. The predicted octanol–water partition coefficient (Wildman–Crippen LogP) is 3.54. The number of carbonyl (C=O) groups is 1. The molecule has 0 N–H and O–H groups in total. The molecule has 1 aromatic heterocycles. The van der Waals surface area contributed by atoms with Crippen LogP contribution in [0.4, 0.5) is 5.82 Å². The molecule has 3 aliphatic heterocycles. The number of carbonyl (C=O) groups excluding carboxylic acids is 1. The zero-order valence-electron chi connectivity index (χ0n) is 17.3. The normalized spacial score (nSPS) is 24.3. The van der Waals surface area contributed by atoms with Crippen LogP contribution in [0.5, 0.6) is 0 Å². The number of benzene rings is 1. The van der Waals surface area contributed by atoms with E-state index in [4.69, 9.17) is 4.98 Å². The Bertz CT molecular complexity index is 855. The van der Waals surface area contributed by atoms with Gasteiger partial charge in [-0.3, -0.25) is 9.69 Å². The lowest BCUT2D eigenvalue weighted by molar-refractivity contribution is -0.136. The third-order valence-corrected chi connectivity index (χ3v) is 7.11. The Kier molecular flexibility index (Phi) is 5.40. The van der Waals surface area contributed by atoms with E-state index in [0.717, 1.165) is 63.4 Å². The number of anilines is 1. The summed E-state index contributed by atoms with van der Waals surface area (Å²) in [6.07, 6.45) is 6.94. The quantitative estimate of drug-likeness (QED) is 0.801. The Hall–Kier alpha value is -2.14. The molecule has 154 valence electrons. The molecule has 5 heteroatoms. The van der Waals surface area contributed by atoms with Crippen LogP contribution in [0.1, 0.15) is 38.5 Å². The lowest BCUT2D eigenvalue weighted by Gasteiger charge is -2.42. The van der Waals surface area contributed by atoms with Crippen LogP contribution >= 0.6 is 0 Å². The van der Waals surface area contributed by atoms with Crippen LogP contribution in [0.2, 0.25) is 0 Å². The standard InChI is InChI=1S/C24H32N4O/c29-24(27-13-3-4-14-27)20-7-5-15-28(18-20)21-11-16-26(17-12-21)23-10-9-19-6-1-2-8-22(19)25-23/h1-2,6,8-10,20-21H,3-5,7,11-18H2/t20-/m1/s1. The number of aromatic nitrogens is 1. The molecule has 0 bridgehead atoms. The second-order valence-corrected chi connectivity index (χ2v) is 8.95. The SMILES string of the molecule is O=C([C@@H]1CCCN(C2CCN(c3ccc4ccccc4n3)CC2)C1)N1CCCC1. The van der Waals surface area contributed by atoms with E-state index in [2.05, 4.69) is 51.1 Å². The number of likely N-dealkylation sites (tertiary alicyclic amines) is 2. The molecule has 29 heavy (non-hydrogen) atoms. The minimum atomic E-state index is 0.224. The highest BCUT2D eigenvalue weighted by Crippen LogP contribution is 2.28. The van der Waals surface area contributed by atoms with Gasteiger partial charge >= 0.3 is 0 Å². The first-order chi connectivity index (χ1) is 14.3. The molecule has 4 heterocycles. The van der Waals surface area contributed by atoms with Crippen LogP contribution in [0.15, 0.2) is 36.4 Å². The van der Waals surface area contributed by atoms with Crippen molar-refractivity contribution in [1.82, 2.24) is 14.8 Å². The highest BCUT2D eigenvalue weighted by atomic mass is 16.2. The number of fused-ring (bicyclic) bond motifs is 1. The monoisotopic (exact) mass is 392 g/mol. The number of piperidine rings is 2. The number of rotatable bonds is 3. The van der Waals surface area contributed by atoms with Gasteiger partial charge in [0.15, 0.2) is 0 Å². The molecule has 3 fully saturated rings. The molecule has 0 aliphatic carbocycles. The van der Waals surface area contributed by atoms with Crippen molar-refractivity contribution in [2.24, 2.45) is 5.92 Å². The maximum Gasteiger partial charge on any atom is 0.226 e. The second kappa shape index (κ2) is 8.31. The second-order valence-electron chi connectivity index (χ2n) is 8.95. The fraction of sp³-hybridized carbons (Fsp3) is 0.583. The maximum absolute atomic E-state index is 12.9. The van der Waals surface area contributed by atoms with Gasteiger partial charge in [-0.15, -0.1) is 0 Å². The van der Waals surface area contributed by atoms with E-state index < -0.39 is 0 Å². The van der Waals surface area contributed by atoms with Gasteiger partial charge in [-0.2, -0.15) is 0 Å². The number of pyridine rings is 1. The van der Waals surface area contributed by atoms with E-state index in [1.165, 1.54) is 31.1 Å². The van der Waals surface area contributed by atoms with Crippen LogP contribution in [-0.4, -0.2) is 66.0 Å². The Morgan fingerprint density at radius 2 is 1.66 bits per heavy atom. The van der Waals surface area contributed by atoms with Gasteiger partial charge < -0.3 is 9.80 Å². The largest absolute Gasteiger partial charge is 0.356 e. The van der Waals surface area contributed by atoms with Crippen molar-refractivity contribution in [2.75, 3.05) is 44.2 Å². The van der Waals surface area contributed by atoms with Gasteiger partial charge in [0.05, 0.1) is 11.4 Å². The minimum Gasteiger partial charge on any atom is -0.356 e. The van der Waals surface area contributed by atoms with Gasteiger partial charge in [0.25, 0.3) is 0 Å². The summed E-state index contributed by atoms with van der Waals surface area (Å²) in [5.41, 5.74) is 1.08. The molecule has 3 saturated heterocycles. The smallest absolute Gasteiger partial charge is 0.226 e. The molecule has 5 rings (SSSR count). The summed E-state index contributed by atoms with van der Waals surface area (Å²) < 4.78 is 0. The molecule has 0 spiro atoms. The number of hydrogen-bond donors (Lipinski definition) is 0.